The van der Waals surface area contributed by atoms with Crippen molar-refractivity contribution in [1.29, 1.82) is 0 Å². The highest BCUT2D eigenvalue weighted by Crippen LogP contribution is 2.40. The molecule has 5 N–H and O–H groups in total. The van der Waals surface area contributed by atoms with Crippen LogP contribution in [0.4, 0.5) is 22.1 Å². The smallest absolute Gasteiger partial charge is 0.324 e. The van der Waals surface area contributed by atoms with Crippen LogP contribution in [0.3, 0.4) is 0 Å². The standard InChI is InChI=1S/C29H31Cl2N7O4/c1-29(2,3)22-14-24(38(37-22)18-7-5-17(16-39)6-8-18)36-28(41)34-20-9-10-21(27(31)26(20)30)42-19-11-12-33-23(13-19)35-25(40)15-32-4/h5-14,32,39H,15-16H2,1-4H3,(H,33,35,40)(H2,34,36,41). The third-order valence-electron chi connectivity index (χ3n) is 5.94. The summed E-state index contributed by atoms with van der Waals surface area (Å²) in [7, 11) is 1.66. The Morgan fingerprint density at radius 3 is 2.38 bits per heavy atom. The summed E-state index contributed by atoms with van der Waals surface area (Å²) in [5, 5.41) is 25.2. The number of carbonyl (C=O) groups excluding carboxylic acids is 2. The Morgan fingerprint density at radius 2 is 1.71 bits per heavy atom. The largest absolute Gasteiger partial charge is 0.456 e. The number of likely N-dealkylation sites (N-methyl/N-ethyl adjacent to an activating group) is 1. The van der Waals surface area contributed by atoms with E-state index in [0.717, 1.165) is 11.3 Å². The minimum Gasteiger partial charge on any atom is -0.456 e. The highest BCUT2D eigenvalue weighted by atomic mass is 35.5. The molecular weight excluding hydrogens is 581 g/mol. The maximum Gasteiger partial charge on any atom is 0.324 e. The number of amides is 3. The molecule has 42 heavy (non-hydrogen) atoms. The van der Waals surface area contributed by atoms with E-state index in [9.17, 15) is 14.7 Å². The molecule has 0 aliphatic heterocycles. The molecule has 0 spiro atoms. The molecule has 0 saturated heterocycles. The first-order chi connectivity index (χ1) is 20.0. The van der Waals surface area contributed by atoms with E-state index < -0.39 is 6.03 Å². The van der Waals surface area contributed by atoms with Gasteiger partial charge in [-0.25, -0.2) is 14.5 Å². The van der Waals surface area contributed by atoms with E-state index in [1.165, 1.54) is 6.20 Å². The Morgan fingerprint density at radius 1 is 0.976 bits per heavy atom. The van der Waals surface area contributed by atoms with Crippen LogP contribution in [0.1, 0.15) is 32.0 Å². The van der Waals surface area contributed by atoms with Gasteiger partial charge in [0.2, 0.25) is 5.91 Å². The van der Waals surface area contributed by atoms with Crippen molar-refractivity contribution in [2.75, 3.05) is 29.5 Å². The zero-order valence-electron chi connectivity index (χ0n) is 23.5. The predicted octanol–water partition coefficient (Wildman–Crippen LogP) is 5.96. The first-order valence-corrected chi connectivity index (χ1v) is 13.7. The van der Waals surface area contributed by atoms with Gasteiger partial charge >= 0.3 is 6.03 Å². The summed E-state index contributed by atoms with van der Waals surface area (Å²) in [5.41, 5.74) is 2.22. The molecule has 0 unspecified atom stereocenters. The van der Waals surface area contributed by atoms with Crippen molar-refractivity contribution < 1.29 is 19.4 Å². The molecule has 13 heteroatoms. The van der Waals surface area contributed by atoms with Crippen LogP contribution in [0.25, 0.3) is 5.69 Å². The van der Waals surface area contributed by atoms with Crippen LogP contribution in [-0.2, 0) is 16.8 Å². The van der Waals surface area contributed by atoms with Gasteiger partial charge in [0, 0.05) is 23.7 Å². The van der Waals surface area contributed by atoms with Crippen molar-refractivity contribution >= 4 is 52.5 Å². The Hall–Kier alpha value is -4.16. The fourth-order valence-electron chi connectivity index (χ4n) is 3.77. The molecule has 0 atom stereocenters. The summed E-state index contributed by atoms with van der Waals surface area (Å²) in [6.07, 6.45) is 1.48. The second-order valence-electron chi connectivity index (χ2n) is 10.3. The summed E-state index contributed by atoms with van der Waals surface area (Å²) >= 11 is 13.0. The van der Waals surface area contributed by atoms with Crippen molar-refractivity contribution in [3.63, 3.8) is 0 Å². The lowest BCUT2D eigenvalue weighted by atomic mass is 9.92. The van der Waals surface area contributed by atoms with Crippen molar-refractivity contribution in [1.82, 2.24) is 20.1 Å². The van der Waals surface area contributed by atoms with Crippen LogP contribution >= 0.6 is 23.2 Å². The number of aliphatic hydroxyl groups is 1. The van der Waals surface area contributed by atoms with Gasteiger partial charge in [-0.15, -0.1) is 0 Å². The lowest BCUT2D eigenvalue weighted by molar-refractivity contribution is -0.115. The second kappa shape index (κ2) is 13.2. The molecule has 220 valence electrons. The fraction of sp³-hybridized carbons (Fsp3) is 0.241. The summed E-state index contributed by atoms with van der Waals surface area (Å²) in [4.78, 5) is 29.0. The number of benzene rings is 2. The molecule has 0 fully saturated rings. The number of halogens is 2. The first-order valence-electron chi connectivity index (χ1n) is 12.9. The van der Waals surface area contributed by atoms with Gasteiger partial charge in [-0.3, -0.25) is 10.1 Å². The Balaban J connectivity index is 1.50. The molecule has 0 aliphatic carbocycles. The van der Waals surface area contributed by atoms with E-state index in [1.54, 1.807) is 54.2 Å². The second-order valence-corrected chi connectivity index (χ2v) is 11.0. The molecule has 0 saturated carbocycles. The number of aliphatic hydroxyl groups excluding tert-OH is 1. The van der Waals surface area contributed by atoms with Gasteiger partial charge in [-0.1, -0.05) is 56.1 Å². The van der Waals surface area contributed by atoms with Gasteiger partial charge in [0.15, 0.2) is 0 Å². The van der Waals surface area contributed by atoms with E-state index in [-0.39, 0.29) is 46.0 Å². The lowest BCUT2D eigenvalue weighted by Gasteiger charge is -2.14. The van der Waals surface area contributed by atoms with Crippen LogP contribution < -0.4 is 26.0 Å². The van der Waals surface area contributed by atoms with E-state index >= 15 is 0 Å². The number of nitrogens with zero attached hydrogens (tertiary/aromatic N) is 3. The highest BCUT2D eigenvalue weighted by molar-refractivity contribution is 6.45. The number of hydrogen-bond donors (Lipinski definition) is 5. The summed E-state index contributed by atoms with van der Waals surface area (Å²) in [6, 6.07) is 14.7. The molecule has 4 rings (SSSR count). The van der Waals surface area contributed by atoms with Gasteiger partial charge in [0.05, 0.1) is 35.2 Å². The monoisotopic (exact) mass is 611 g/mol. The third-order valence-corrected chi connectivity index (χ3v) is 6.81. The molecule has 4 aromatic rings. The van der Waals surface area contributed by atoms with Crippen LogP contribution in [-0.4, -0.2) is 45.4 Å². The zero-order valence-corrected chi connectivity index (χ0v) is 25.0. The zero-order chi connectivity index (χ0) is 30.4. The van der Waals surface area contributed by atoms with Crippen LogP contribution in [0.15, 0.2) is 60.8 Å². The Kier molecular flexibility index (Phi) is 9.69. The quantitative estimate of drug-likeness (QED) is 0.157. The molecule has 0 aliphatic rings. The van der Waals surface area contributed by atoms with E-state index in [4.69, 9.17) is 33.0 Å². The molecule has 2 aromatic carbocycles. The van der Waals surface area contributed by atoms with Crippen molar-refractivity contribution in [3.05, 3.63) is 82.1 Å². The SMILES string of the molecule is CNCC(=O)Nc1cc(Oc2ccc(NC(=O)Nc3cc(C(C)(C)C)nn3-c3ccc(CO)cc3)c(Cl)c2Cl)ccn1. The number of nitrogens with one attached hydrogen (secondary N) is 4. The van der Waals surface area contributed by atoms with Crippen molar-refractivity contribution in [2.24, 2.45) is 0 Å². The van der Waals surface area contributed by atoms with Crippen LogP contribution in [0.2, 0.25) is 10.0 Å². The number of pyridine rings is 1. The molecule has 0 bridgehead atoms. The number of carbonyl (C=O) groups is 2. The Labute approximate surface area is 253 Å². The minimum absolute atomic E-state index is 0.0735. The number of aromatic nitrogens is 3. The van der Waals surface area contributed by atoms with Gasteiger partial charge < -0.3 is 25.8 Å². The van der Waals surface area contributed by atoms with Gasteiger partial charge in [0.1, 0.15) is 28.2 Å². The third kappa shape index (κ3) is 7.56. The molecule has 0 radical (unpaired) electrons. The average Bonchev–Trinajstić information content (AvgIpc) is 3.37. The number of urea groups is 1. The van der Waals surface area contributed by atoms with Crippen molar-refractivity contribution in [3.8, 4) is 17.2 Å². The number of anilines is 3. The molecule has 2 aromatic heterocycles. The van der Waals surface area contributed by atoms with E-state index in [2.05, 4.69) is 26.3 Å². The van der Waals surface area contributed by atoms with Gasteiger partial charge in [-0.2, -0.15) is 5.10 Å². The fourth-order valence-corrected chi connectivity index (χ4v) is 4.18. The molecule has 11 nitrogen and oxygen atoms in total. The first kappa shape index (κ1) is 30.8. The van der Waals surface area contributed by atoms with Gasteiger partial charge in [0.25, 0.3) is 0 Å². The van der Waals surface area contributed by atoms with Crippen LogP contribution in [0, 0.1) is 0 Å². The lowest BCUT2D eigenvalue weighted by Crippen LogP contribution is -2.25. The maximum absolute atomic E-state index is 13.1. The van der Waals surface area contributed by atoms with E-state index in [0.29, 0.717) is 23.1 Å². The Bertz CT molecular complexity index is 1580. The summed E-state index contributed by atoms with van der Waals surface area (Å²) < 4.78 is 7.49. The number of hydrogen-bond acceptors (Lipinski definition) is 7. The normalized spacial score (nSPS) is 11.2. The summed E-state index contributed by atoms with van der Waals surface area (Å²) in [5.74, 6) is 1.10. The number of ether oxygens (including phenoxy) is 1. The topological polar surface area (TPSA) is 142 Å². The van der Waals surface area contributed by atoms with Gasteiger partial charge in [-0.05, 0) is 42.9 Å². The summed E-state index contributed by atoms with van der Waals surface area (Å²) in [6.45, 7) is 6.13. The number of rotatable bonds is 9. The average molecular weight is 613 g/mol. The minimum atomic E-state index is -0.564. The van der Waals surface area contributed by atoms with Crippen LogP contribution in [0.5, 0.6) is 11.5 Å². The molecular formula is C29H31Cl2N7O4. The predicted molar refractivity (Wildman–Crippen MR) is 164 cm³/mol. The maximum atomic E-state index is 13.1. The molecule has 3 amide bonds. The van der Waals surface area contributed by atoms with Crippen molar-refractivity contribution in [2.45, 2.75) is 32.8 Å². The molecule has 2 heterocycles. The van der Waals surface area contributed by atoms with E-state index in [1.807, 2.05) is 32.9 Å². The highest BCUT2D eigenvalue weighted by Gasteiger charge is 2.22.